The zero-order chi connectivity index (χ0) is 19.1. The summed E-state index contributed by atoms with van der Waals surface area (Å²) in [7, 11) is 1.53. The quantitative estimate of drug-likeness (QED) is 0.400. The number of ether oxygens (including phenoxy) is 2. The summed E-state index contributed by atoms with van der Waals surface area (Å²) >= 11 is 3.30. The molecule has 0 heterocycles. The summed E-state index contributed by atoms with van der Waals surface area (Å²) in [6, 6.07) is 8.48. The van der Waals surface area contributed by atoms with Gasteiger partial charge in [-0.15, -0.1) is 0 Å². The van der Waals surface area contributed by atoms with Crippen LogP contribution >= 0.6 is 15.9 Å². The fourth-order valence-corrected chi connectivity index (χ4v) is 2.31. The lowest BCUT2D eigenvalue weighted by molar-refractivity contribution is -0.384. The van der Waals surface area contributed by atoms with E-state index in [4.69, 9.17) is 9.47 Å². The van der Waals surface area contributed by atoms with E-state index in [1.807, 2.05) is 0 Å². The van der Waals surface area contributed by atoms with Crippen molar-refractivity contribution in [2.75, 3.05) is 13.7 Å². The maximum absolute atomic E-state index is 11.7. The highest BCUT2D eigenvalue weighted by molar-refractivity contribution is 9.10. The lowest BCUT2D eigenvalue weighted by Gasteiger charge is -2.08. The molecule has 2 N–H and O–H groups in total. The summed E-state index contributed by atoms with van der Waals surface area (Å²) in [6.07, 6.45) is 1.10. The molecule has 0 unspecified atom stereocenters. The van der Waals surface area contributed by atoms with Gasteiger partial charge in [0.15, 0.2) is 6.61 Å². The van der Waals surface area contributed by atoms with E-state index in [1.54, 1.807) is 18.2 Å². The minimum Gasteiger partial charge on any atom is -0.507 e. The van der Waals surface area contributed by atoms with Crippen molar-refractivity contribution >= 4 is 33.7 Å². The number of carbonyl (C=O) groups is 1. The summed E-state index contributed by atoms with van der Waals surface area (Å²) < 4.78 is 11.0. The predicted molar refractivity (Wildman–Crippen MR) is 96.7 cm³/mol. The first kappa shape index (κ1) is 19.2. The van der Waals surface area contributed by atoms with E-state index in [9.17, 15) is 20.0 Å². The van der Waals surface area contributed by atoms with E-state index in [0.717, 1.165) is 18.3 Å². The second-order valence-electron chi connectivity index (χ2n) is 4.88. The van der Waals surface area contributed by atoms with Gasteiger partial charge in [0, 0.05) is 17.7 Å². The molecular weight excluding hydrogens is 410 g/mol. The first-order valence-corrected chi connectivity index (χ1v) is 7.95. The molecule has 0 aromatic heterocycles. The zero-order valence-electron chi connectivity index (χ0n) is 13.5. The van der Waals surface area contributed by atoms with Gasteiger partial charge in [0.25, 0.3) is 11.6 Å². The third kappa shape index (κ3) is 5.18. The Morgan fingerprint density at radius 1 is 1.38 bits per heavy atom. The Morgan fingerprint density at radius 3 is 2.81 bits per heavy atom. The van der Waals surface area contributed by atoms with Crippen LogP contribution in [0, 0.1) is 10.1 Å². The Labute approximate surface area is 156 Å². The number of nitrogens with zero attached hydrogens (tertiary/aromatic N) is 2. The third-order valence-corrected chi connectivity index (χ3v) is 3.73. The third-order valence-electron chi connectivity index (χ3n) is 3.11. The molecule has 2 rings (SSSR count). The van der Waals surface area contributed by atoms with Crippen molar-refractivity contribution in [2.45, 2.75) is 0 Å². The number of nitrogens with one attached hydrogen (secondary N) is 1. The van der Waals surface area contributed by atoms with Crippen LogP contribution in [0.1, 0.15) is 5.56 Å². The van der Waals surface area contributed by atoms with E-state index < -0.39 is 10.8 Å². The molecule has 26 heavy (non-hydrogen) atoms. The number of nitro groups is 1. The number of carbonyl (C=O) groups excluding carboxylic acids is 1. The average molecular weight is 424 g/mol. The topological polar surface area (TPSA) is 123 Å². The number of methoxy groups -OCH3 is 1. The fourth-order valence-electron chi connectivity index (χ4n) is 1.83. The highest BCUT2D eigenvalue weighted by atomic mass is 79.9. The molecule has 2 aromatic carbocycles. The number of aromatic hydroxyl groups is 1. The van der Waals surface area contributed by atoms with Crippen LogP contribution < -0.4 is 14.9 Å². The number of benzene rings is 2. The van der Waals surface area contributed by atoms with Crippen LogP contribution in [0.2, 0.25) is 0 Å². The number of halogens is 1. The summed E-state index contributed by atoms with van der Waals surface area (Å²) in [5, 5.41) is 24.0. The molecule has 0 fully saturated rings. The Kier molecular flexibility index (Phi) is 6.50. The van der Waals surface area contributed by atoms with Gasteiger partial charge in [-0.1, -0.05) is 0 Å². The number of amides is 1. The van der Waals surface area contributed by atoms with Crippen LogP contribution in [0.25, 0.3) is 0 Å². The number of hydrogen-bond acceptors (Lipinski definition) is 7. The molecule has 9 nitrogen and oxygen atoms in total. The van der Waals surface area contributed by atoms with E-state index in [1.165, 1.54) is 13.2 Å². The van der Waals surface area contributed by atoms with Crippen molar-refractivity contribution in [3.8, 4) is 17.2 Å². The molecule has 2 aromatic rings. The molecule has 136 valence electrons. The summed E-state index contributed by atoms with van der Waals surface area (Å²) in [5.74, 6) is 0.331. The molecule has 10 heteroatoms. The van der Waals surface area contributed by atoms with E-state index in [-0.39, 0.29) is 23.6 Å². The standard InChI is InChI=1S/C16H14BrN3O6/c1-25-12-3-5-15(13(17)7-12)26-9-16(22)19-18-8-10-6-11(20(23)24)2-4-14(10)21/h2-8,21H,9H2,1H3,(H,19,22)/b18-8+. The molecule has 0 atom stereocenters. The monoisotopic (exact) mass is 423 g/mol. The second-order valence-corrected chi connectivity index (χ2v) is 5.73. The van der Waals surface area contributed by atoms with Crippen LogP contribution in [-0.4, -0.2) is 35.9 Å². The molecule has 0 radical (unpaired) electrons. The molecule has 0 aliphatic rings. The number of hydrazone groups is 1. The largest absolute Gasteiger partial charge is 0.507 e. The van der Waals surface area contributed by atoms with Gasteiger partial charge in [-0.2, -0.15) is 5.10 Å². The van der Waals surface area contributed by atoms with Gasteiger partial charge >= 0.3 is 0 Å². The number of hydrogen-bond donors (Lipinski definition) is 2. The highest BCUT2D eigenvalue weighted by Crippen LogP contribution is 2.29. The average Bonchev–Trinajstić information content (AvgIpc) is 2.61. The molecule has 1 amide bonds. The predicted octanol–water partition coefficient (Wildman–Crippen LogP) is 2.60. The van der Waals surface area contributed by atoms with Gasteiger partial charge in [0.2, 0.25) is 0 Å². The lowest BCUT2D eigenvalue weighted by Crippen LogP contribution is -2.24. The summed E-state index contributed by atoms with van der Waals surface area (Å²) in [5.41, 5.74) is 2.09. The molecule has 0 aliphatic heterocycles. The number of phenols is 1. The summed E-state index contributed by atoms with van der Waals surface area (Å²) in [6.45, 7) is -0.302. The van der Waals surface area contributed by atoms with Gasteiger partial charge in [0.05, 0.1) is 22.7 Å². The normalized spacial score (nSPS) is 10.5. The van der Waals surface area contributed by atoms with Crippen LogP contribution in [0.15, 0.2) is 46.0 Å². The Hall–Kier alpha value is -3.14. The molecular formula is C16H14BrN3O6. The van der Waals surface area contributed by atoms with Crippen LogP contribution in [0.4, 0.5) is 5.69 Å². The SMILES string of the molecule is COc1ccc(OCC(=O)N/N=C/c2cc([N+](=O)[O-])ccc2O)c(Br)c1. The maximum atomic E-state index is 11.7. The van der Waals surface area contributed by atoms with Crippen molar-refractivity contribution in [1.29, 1.82) is 0 Å². The Bertz CT molecular complexity index is 856. The van der Waals surface area contributed by atoms with Crippen LogP contribution in [0.3, 0.4) is 0 Å². The highest BCUT2D eigenvalue weighted by Gasteiger charge is 2.09. The summed E-state index contributed by atoms with van der Waals surface area (Å²) in [4.78, 5) is 21.9. The van der Waals surface area contributed by atoms with Gasteiger partial charge in [-0.3, -0.25) is 14.9 Å². The van der Waals surface area contributed by atoms with Gasteiger partial charge in [-0.05, 0) is 40.2 Å². The van der Waals surface area contributed by atoms with Crippen molar-refractivity contribution in [1.82, 2.24) is 5.43 Å². The van der Waals surface area contributed by atoms with Crippen molar-refractivity contribution in [3.05, 3.63) is 56.5 Å². The minimum atomic E-state index is -0.601. The maximum Gasteiger partial charge on any atom is 0.277 e. The van der Waals surface area contributed by atoms with Gasteiger partial charge in [-0.25, -0.2) is 5.43 Å². The first-order chi connectivity index (χ1) is 12.4. The molecule has 0 aliphatic carbocycles. The zero-order valence-corrected chi connectivity index (χ0v) is 15.1. The number of nitro benzene ring substituents is 1. The van der Waals surface area contributed by atoms with Crippen LogP contribution in [-0.2, 0) is 4.79 Å². The van der Waals surface area contributed by atoms with Gasteiger partial charge < -0.3 is 14.6 Å². The van der Waals surface area contributed by atoms with Crippen LogP contribution in [0.5, 0.6) is 17.2 Å². The number of rotatable bonds is 7. The van der Waals surface area contributed by atoms with Crippen molar-refractivity contribution < 1.29 is 24.3 Å². The number of non-ortho nitro benzene ring substituents is 1. The Balaban J connectivity index is 1.92. The van der Waals surface area contributed by atoms with Gasteiger partial charge in [0.1, 0.15) is 17.2 Å². The molecule has 0 spiro atoms. The molecule has 0 saturated carbocycles. The van der Waals surface area contributed by atoms with Crippen molar-refractivity contribution in [3.63, 3.8) is 0 Å². The molecule has 0 saturated heterocycles. The Morgan fingerprint density at radius 2 is 2.15 bits per heavy atom. The fraction of sp³-hybridized carbons (Fsp3) is 0.125. The molecule has 0 bridgehead atoms. The lowest BCUT2D eigenvalue weighted by atomic mass is 10.2. The van der Waals surface area contributed by atoms with E-state index in [2.05, 4.69) is 26.5 Å². The van der Waals surface area contributed by atoms with E-state index in [0.29, 0.717) is 16.0 Å². The smallest absolute Gasteiger partial charge is 0.277 e. The van der Waals surface area contributed by atoms with E-state index >= 15 is 0 Å². The first-order valence-electron chi connectivity index (χ1n) is 7.16. The number of phenolic OH excluding ortho intramolecular Hbond substituents is 1. The minimum absolute atomic E-state index is 0.0957. The second kappa shape index (κ2) is 8.81. The van der Waals surface area contributed by atoms with Crippen molar-refractivity contribution in [2.24, 2.45) is 5.10 Å².